The number of thiophene rings is 1. The molecule has 0 fully saturated rings. The van der Waals surface area contributed by atoms with E-state index in [-0.39, 0.29) is 0 Å². The van der Waals surface area contributed by atoms with Crippen LogP contribution in [0.3, 0.4) is 0 Å². The maximum atomic E-state index is 2.45. The van der Waals surface area contributed by atoms with Crippen molar-refractivity contribution in [2.24, 2.45) is 0 Å². The summed E-state index contributed by atoms with van der Waals surface area (Å²) in [6, 6.07) is 39.8. The zero-order valence-electron chi connectivity index (χ0n) is 18.2. The van der Waals surface area contributed by atoms with Crippen LogP contribution in [0.25, 0.3) is 58.8 Å². The minimum absolute atomic E-state index is 1.20. The van der Waals surface area contributed by atoms with Crippen LogP contribution in [0.4, 0.5) is 0 Å². The van der Waals surface area contributed by atoms with Gasteiger partial charge in [-0.15, -0.1) is 11.3 Å². The number of para-hydroxylation sites is 1. The summed E-state index contributed by atoms with van der Waals surface area (Å²) >= 11 is 1.90. The fraction of sp³-hybridized carbons (Fsp3) is 0.0323. The molecule has 0 aliphatic rings. The van der Waals surface area contributed by atoms with E-state index in [1.165, 1.54) is 64.4 Å². The topological polar surface area (TPSA) is 4.93 Å². The van der Waals surface area contributed by atoms with Crippen molar-refractivity contribution in [2.75, 3.05) is 0 Å². The highest BCUT2D eigenvalue weighted by Gasteiger charge is 2.17. The molecule has 0 aliphatic heterocycles. The van der Waals surface area contributed by atoms with Crippen LogP contribution in [-0.4, -0.2) is 4.57 Å². The van der Waals surface area contributed by atoms with Crippen LogP contribution in [0.5, 0.6) is 0 Å². The first-order valence-corrected chi connectivity index (χ1v) is 12.1. The highest BCUT2D eigenvalue weighted by atomic mass is 32.1. The summed E-state index contributed by atoms with van der Waals surface area (Å²) in [5, 5.41) is 5.29. The van der Waals surface area contributed by atoms with Crippen molar-refractivity contribution >= 4 is 53.3 Å². The van der Waals surface area contributed by atoms with E-state index in [1.807, 2.05) is 11.3 Å². The van der Waals surface area contributed by atoms with Gasteiger partial charge in [-0.25, -0.2) is 0 Å². The molecule has 7 aromatic rings. The van der Waals surface area contributed by atoms with Crippen LogP contribution >= 0.6 is 11.3 Å². The Balaban J connectivity index is 1.54. The molecule has 2 aromatic heterocycles. The Labute approximate surface area is 196 Å². The van der Waals surface area contributed by atoms with Crippen LogP contribution in [0.2, 0.25) is 0 Å². The van der Waals surface area contributed by atoms with Gasteiger partial charge in [0.1, 0.15) is 0 Å². The molecule has 0 N–H and O–H groups in total. The number of fused-ring (bicyclic) bond motifs is 7. The summed E-state index contributed by atoms with van der Waals surface area (Å²) in [7, 11) is 0. The SMILES string of the molecule is Cc1cccc(-c2ccc(-n3c4ccccc4c4ccc5c6ccccc6sc5c43)cc2)c1. The van der Waals surface area contributed by atoms with Crippen LogP contribution in [0.1, 0.15) is 5.56 Å². The smallest absolute Gasteiger partial charge is 0.0719 e. The van der Waals surface area contributed by atoms with Gasteiger partial charge in [-0.1, -0.05) is 90.5 Å². The Morgan fingerprint density at radius 1 is 0.576 bits per heavy atom. The quantitative estimate of drug-likeness (QED) is 0.253. The number of hydrogen-bond donors (Lipinski definition) is 0. The van der Waals surface area contributed by atoms with Gasteiger partial charge in [-0.2, -0.15) is 0 Å². The van der Waals surface area contributed by atoms with Crippen molar-refractivity contribution in [3.63, 3.8) is 0 Å². The predicted molar refractivity (Wildman–Crippen MR) is 144 cm³/mol. The normalized spacial score (nSPS) is 11.8. The summed E-state index contributed by atoms with van der Waals surface area (Å²) in [4.78, 5) is 0. The maximum Gasteiger partial charge on any atom is 0.0719 e. The second kappa shape index (κ2) is 7.06. The second-order valence-electron chi connectivity index (χ2n) is 8.71. The first-order valence-electron chi connectivity index (χ1n) is 11.3. The number of aryl methyl sites for hydroxylation is 1. The summed E-state index contributed by atoms with van der Waals surface area (Å²) in [6.45, 7) is 2.15. The van der Waals surface area contributed by atoms with E-state index in [0.29, 0.717) is 0 Å². The van der Waals surface area contributed by atoms with Crippen LogP contribution in [0, 0.1) is 6.92 Å². The van der Waals surface area contributed by atoms with Gasteiger partial charge in [0.2, 0.25) is 0 Å². The molecule has 0 aliphatic carbocycles. The lowest BCUT2D eigenvalue weighted by molar-refractivity contribution is 1.19. The average Bonchev–Trinajstić information content (AvgIpc) is 3.40. The molecular formula is C31H21NS. The largest absolute Gasteiger partial charge is 0.308 e. The van der Waals surface area contributed by atoms with Crippen LogP contribution < -0.4 is 0 Å². The average molecular weight is 440 g/mol. The molecule has 0 saturated carbocycles. The van der Waals surface area contributed by atoms with Crippen molar-refractivity contribution in [2.45, 2.75) is 6.92 Å². The molecule has 156 valence electrons. The van der Waals surface area contributed by atoms with Gasteiger partial charge in [0.15, 0.2) is 0 Å². The number of hydrogen-bond acceptors (Lipinski definition) is 1. The number of rotatable bonds is 2. The van der Waals surface area contributed by atoms with E-state index < -0.39 is 0 Å². The lowest BCUT2D eigenvalue weighted by Gasteiger charge is -2.10. The zero-order valence-corrected chi connectivity index (χ0v) is 19.1. The fourth-order valence-corrected chi connectivity index (χ4v) is 6.37. The van der Waals surface area contributed by atoms with E-state index in [9.17, 15) is 0 Å². The van der Waals surface area contributed by atoms with Gasteiger partial charge in [0, 0.05) is 31.9 Å². The molecule has 0 atom stereocenters. The summed E-state index contributed by atoms with van der Waals surface area (Å²) < 4.78 is 5.14. The van der Waals surface area contributed by atoms with Crippen LogP contribution in [0.15, 0.2) is 109 Å². The fourth-order valence-electron chi connectivity index (χ4n) is 5.13. The molecule has 0 spiro atoms. The van der Waals surface area contributed by atoms with E-state index in [0.717, 1.165) is 0 Å². The Morgan fingerprint density at radius 2 is 1.33 bits per heavy atom. The Morgan fingerprint density at radius 3 is 2.18 bits per heavy atom. The van der Waals surface area contributed by atoms with Gasteiger partial charge < -0.3 is 4.57 Å². The molecule has 0 saturated heterocycles. The molecule has 0 bridgehead atoms. The van der Waals surface area contributed by atoms with Gasteiger partial charge >= 0.3 is 0 Å². The Kier molecular flexibility index (Phi) is 3.99. The lowest BCUT2D eigenvalue weighted by atomic mass is 10.0. The Hall–Kier alpha value is -3.88. The highest BCUT2D eigenvalue weighted by Crippen LogP contribution is 2.42. The van der Waals surface area contributed by atoms with Gasteiger partial charge in [0.25, 0.3) is 0 Å². The molecule has 0 unspecified atom stereocenters. The summed E-state index contributed by atoms with van der Waals surface area (Å²) in [6.07, 6.45) is 0. The molecule has 0 radical (unpaired) electrons. The first-order chi connectivity index (χ1) is 16.3. The van der Waals surface area contributed by atoms with Crippen molar-refractivity contribution in [1.82, 2.24) is 4.57 Å². The van der Waals surface area contributed by atoms with Gasteiger partial charge in [-0.3, -0.25) is 0 Å². The van der Waals surface area contributed by atoms with E-state index >= 15 is 0 Å². The monoisotopic (exact) mass is 439 g/mol. The minimum Gasteiger partial charge on any atom is -0.308 e. The minimum atomic E-state index is 1.20. The molecule has 1 nitrogen and oxygen atoms in total. The number of benzene rings is 5. The van der Waals surface area contributed by atoms with Crippen molar-refractivity contribution in [3.8, 4) is 16.8 Å². The van der Waals surface area contributed by atoms with Crippen molar-refractivity contribution < 1.29 is 0 Å². The van der Waals surface area contributed by atoms with Crippen molar-refractivity contribution in [1.29, 1.82) is 0 Å². The molecule has 33 heavy (non-hydrogen) atoms. The third-order valence-electron chi connectivity index (χ3n) is 6.66. The maximum absolute atomic E-state index is 2.45. The molecular weight excluding hydrogens is 418 g/mol. The number of nitrogens with zero attached hydrogens (tertiary/aromatic N) is 1. The predicted octanol–water partition coefficient (Wildman–Crippen LogP) is 9.13. The third kappa shape index (κ3) is 2.78. The van der Waals surface area contributed by atoms with E-state index in [2.05, 4.69) is 121 Å². The zero-order chi connectivity index (χ0) is 21.9. The van der Waals surface area contributed by atoms with E-state index in [1.54, 1.807) is 0 Å². The summed E-state index contributed by atoms with van der Waals surface area (Å²) in [5.74, 6) is 0. The van der Waals surface area contributed by atoms with Crippen LogP contribution in [-0.2, 0) is 0 Å². The summed E-state index contributed by atoms with van der Waals surface area (Å²) in [5.41, 5.74) is 7.54. The number of aromatic nitrogens is 1. The third-order valence-corrected chi connectivity index (χ3v) is 7.85. The molecule has 2 heterocycles. The van der Waals surface area contributed by atoms with Gasteiger partial charge in [0.05, 0.1) is 15.7 Å². The standard InChI is InChI=1S/C31H21NS/c1-20-7-6-8-22(19-20)21-13-15-23(16-14-21)32-28-11-4-2-9-24(28)26-17-18-27-25-10-3-5-12-29(25)33-31(27)30(26)32/h2-19H,1H3. The molecule has 5 aromatic carbocycles. The molecule has 7 rings (SSSR count). The van der Waals surface area contributed by atoms with Crippen molar-refractivity contribution in [3.05, 3.63) is 115 Å². The van der Waals surface area contributed by atoms with E-state index in [4.69, 9.17) is 0 Å². The first kappa shape index (κ1) is 18.7. The molecule has 0 amide bonds. The second-order valence-corrected chi connectivity index (χ2v) is 9.76. The lowest BCUT2D eigenvalue weighted by Crippen LogP contribution is -1.94. The highest BCUT2D eigenvalue weighted by molar-refractivity contribution is 7.26. The van der Waals surface area contributed by atoms with Gasteiger partial charge in [-0.05, 0) is 42.3 Å². The molecule has 2 heteroatoms. The Bertz CT molecular complexity index is 1820.